The summed E-state index contributed by atoms with van der Waals surface area (Å²) in [5, 5.41) is 10.1. The molecule has 0 aliphatic heterocycles. The van der Waals surface area contributed by atoms with Gasteiger partial charge in [0.05, 0.1) is 11.5 Å². The summed E-state index contributed by atoms with van der Waals surface area (Å²) in [6.07, 6.45) is 14.2. The smallest absolute Gasteiger partial charge is 0.325 e. The molecule has 0 spiro atoms. The minimum atomic E-state index is -4.02. The molecule has 38 heavy (non-hydrogen) atoms. The van der Waals surface area contributed by atoms with Crippen molar-refractivity contribution in [1.29, 1.82) is 0 Å². The molecule has 2 rings (SSSR count). The Kier molecular flexibility index (Phi) is 17.6. The number of aliphatic hydroxyl groups is 1. The Bertz CT molecular complexity index is 980. The maximum atomic E-state index is 12.0. The number of unbranched alkanes of at least 4 members (excludes halogenated alkanes) is 11. The Morgan fingerprint density at radius 3 is 1.76 bits per heavy atom. The van der Waals surface area contributed by atoms with Crippen molar-refractivity contribution in [3.63, 3.8) is 0 Å². The summed E-state index contributed by atoms with van der Waals surface area (Å²) in [7, 11) is -4.02. The lowest BCUT2D eigenvalue weighted by molar-refractivity contribution is -0.148. The summed E-state index contributed by atoms with van der Waals surface area (Å²) in [5.74, 6) is -0.533. The van der Waals surface area contributed by atoms with Crippen LogP contribution in [0.15, 0.2) is 59.5 Å². The van der Waals surface area contributed by atoms with Gasteiger partial charge in [-0.2, -0.15) is 8.42 Å². The van der Waals surface area contributed by atoms with Crippen LogP contribution in [0.25, 0.3) is 0 Å². The van der Waals surface area contributed by atoms with E-state index >= 15 is 0 Å². The topological polar surface area (TPSA) is 127 Å². The Labute approximate surface area is 229 Å². The van der Waals surface area contributed by atoms with Crippen molar-refractivity contribution in [2.75, 3.05) is 6.61 Å². The van der Waals surface area contributed by atoms with Crippen molar-refractivity contribution in [2.45, 2.75) is 108 Å². The van der Waals surface area contributed by atoms with E-state index in [1.54, 1.807) is 24.3 Å². The Hall–Kier alpha value is -2.26. The third kappa shape index (κ3) is 15.2. The predicted molar refractivity (Wildman–Crippen MR) is 152 cm³/mol. The highest BCUT2D eigenvalue weighted by molar-refractivity contribution is 7.85. The van der Waals surface area contributed by atoms with Gasteiger partial charge in [0.2, 0.25) is 0 Å². The zero-order valence-electron chi connectivity index (χ0n) is 23.1. The first-order valence-corrected chi connectivity index (χ1v) is 15.3. The first-order chi connectivity index (χ1) is 18.2. The minimum Gasteiger partial charge on any atom is -0.464 e. The highest BCUT2D eigenvalue weighted by atomic mass is 32.2. The standard InChI is InChI=1S/C23H39NO3.C7H8O3S/c1-2-3-4-5-6-7-8-9-10-11-12-16-19-27-23(26)21(24)22(25)20-17-14-13-15-18-20;1-6-2-4-7(5-3-6)11(8,9)10/h13-15,17-18,21-22,25H,2-12,16,19,24H2,1H3;2-5H,1H3,(H,8,9,10). The molecular formula is C30H47NO6S. The first-order valence-electron chi connectivity index (χ1n) is 13.9. The summed E-state index contributed by atoms with van der Waals surface area (Å²) < 4.78 is 34.8. The van der Waals surface area contributed by atoms with Crippen molar-refractivity contribution in [3.8, 4) is 0 Å². The van der Waals surface area contributed by atoms with E-state index < -0.39 is 28.2 Å². The van der Waals surface area contributed by atoms with Crippen molar-refractivity contribution in [1.82, 2.24) is 0 Å². The van der Waals surface area contributed by atoms with Crippen molar-refractivity contribution in [3.05, 3.63) is 65.7 Å². The number of benzene rings is 2. The molecule has 2 atom stereocenters. The number of carbonyl (C=O) groups excluding carboxylic acids is 1. The zero-order chi connectivity index (χ0) is 28.2. The number of aryl methyl sites for hydroxylation is 1. The van der Waals surface area contributed by atoms with Gasteiger partial charge in [-0.25, -0.2) is 0 Å². The van der Waals surface area contributed by atoms with E-state index in [0.717, 1.165) is 18.4 Å². The molecule has 0 aliphatic carbocycles. The molecule has 7 nitrogen and oxygen atoms in total. The first kappa shape index (κ1) is 33.8. The second-order valence-electron chi connectivity index (χ2n) is 9.73. The highest BCUT2D eigenvalue weighted by Gasteiger charge is 2.25. The van der Waals surface area contributed by atoms with E-state index in [1.807, 2.05) is 25.1 Å². The molecule has 0 heterocycles. The average molecular weight is 550 g/mol. The molecule has 0 radical (unpaired) electrons. The van der Waals surface area contributed by atoms with Gasteiger partial charge in [-0.3, -0.25) is 9.35 Å². The molecule has 0 aliphatic rings. The van der Waals surface area contributed by atoms with Gasteiger partial charge in [0, 0.05) is 0 Å². The summed E-state index contributed by atoms with van der Waals surface area (Å²) in [6.45, 7) is 4.47. The van der Waals surface area contributed by atoms with Crippen molar-refractivity contribution in [2.24, 2.45) is 5.73 Å². The average Bonchev–Trinajstić information content (AvgIpc) is 2.91. The van der Waals surface area contributed by atoms with Crippen LogP contribution < -0.4 is 5.73 Å². The number of esters is 1. The monoisotopic (exact) mass is 549 g/mol. The van der Waals surface area contributed by atoms with Crippen LogP contribution in [-0.2, 0) is 19.6 Å². The van der Waals surface area contributed by atoms with E-state index in [0.29, 0.717) is 12.2 Å². The van der Waals surface area contributed by atoms with Gasteiger partial charge in [0.15, 0.2) is 0 Å². The lowest BCUT2D eigenvalue weighted by Gasteiger charge is -2.18. The van der Waals surface area contributed by atoms with Gasteiger partial charge in [0.25, 0.3) is 10.1 Å². The van der Waals surface area contributed by atoms with Crippen LogP contribution in [0.1, 0.15) is 101 Å². The molecule has 2 aromatic rings. The molecule has 214 valence electrons. The number of carbonyl (C=O) groups is 1. The third-order valence-electron chi connectivity index (χ3n) is 6.31. The fourth-order valence-corrected chi connectivity index (χ4v) is 4.39. The molecule has 0 saturated carbocycles. The van der Waals surface area contributed by atoms with E-state index in [9.17, 15) is 18.3 Å². The fraction of sp³-hybridized carbons (Fsp3) is 0.567. The Balaban J connectivity index is 0.000000544. The maximum Gasteiger partial charge on any atom is 0.325 e. The second kappa shape index (κ2) is 19.8. The number of nitrogens with two attached hydrogens (primary N) is 1. The third-order valence-corrected chi connectivity index (χ3v) is 7.18. The predicted octanol–water partition coefficient (Wildman–Crippen LogP) is 6.53. The van der Waals surface area contributed by atoms with Crippen LogP contribution in [0, 0.1) is 6.92 Å². The lowest BCUT2D eigenvalue weighted by atomic mass is 10.0. The van der Waals surface area contributed by atoms with E-state index in [1.165, 1.54) is 76.3 Å². The number of ether oxygens (including phenoxy) is 1. The lowest BCUT2D eigenvalue weighted by Crippen LogP contribution is -2.38. The SMILES string of the molecule is CCCCCCCCCCCCCCOC(=O)C(N)C(O)c1ccccc1.Cc1ccc(S(=O)(=O)O)cc1. The minimum absolute atomic E-state index is 0.0666. The molecule has 0 amide bonds. The Morgan fingerprint density at radius 1 is 0.816 bits per heavy atom. The highest BCUT2D eigenvalue weighted by Crippen LogP contribution is 2.16. The van der Waals surface area contributed by atoms with E-state index in [2.05, 4.69) is 6.92 Å². The summed E-state index contributed by atoms with van der Waals surface area (Å²) in [6, 6.07) is 13.9. The van der Waals surface area contributed by atoms with E-state index in [4.69, 9.17) is 15.0 Å². The van der Waals surface area contributed by atoms with Crippen LogP contribution in [-0.4, -0.2) is 36.7 Å². The van der Waals surface area contributed by atoms with Gasteiger partial charge < -0.3 is 15.6 Å². The molecule has 2 aromatic carbocycles. The van der Waals surface area contributed by atoms with Gasteiger partial charge in [0.1, 0.15) is 12.1 Å². The zero-order valence-corrected chi connectivity index (χ0v) is 23.9. The van der Waals surface area contributed by atoms with Crippen LogP contribution >= 0.6 is 0 Å². The van der Waals surface area contributed by atoms with Gasteiger partial charge in [-0.05, 0) is 31.0 Å². The van der Waals surface area contributed by atoms with Crippen molar-refractivity contribution < 1.29 is 27.6 Å². The summed E-state index contributed by atoms with van der Waals surface area (Å²) >= 11 is 0. The molecule has 8 heteroatoms. The number of rotatable bonds is 17. The molecule has 0 bridgehead atoms. The van der Waals surface area contributed by atoms with Crippen LogP contribution in [0.4, 0.5) is 0 Å². The Morgan fingerprint density at radius 2 is 1.29 bits per heavy atom. The van der Waals surface area contributed by atoms with Crippen molar-refractivity contribution >= 4 is 16.1 Å². The number of aliphatic hydroxyl groups excluding tert-OH is 1. The molecule has 4 N–H and O–H groups in total. The fourth-order valence-electron chi connectivity index (χ4n) is 3.91. The largest absolute Gasteiger partial charge is 0.464 e. The summed E-state index contributed by atoms with van der Waals surface area (Å²) in [4.78, 5) is 11.9. The van der Waals surface area contributed by atoms with Crippen LogP contribution in [0.3, 0.4) is 0 Å². The quantitative estimate of drug-likeness (QED) is 0.116. The van der Waals surface area contributed by atoms with Crippen LogP contribution in [0.2, 0.25) is 0 Å². The molecular weight excluding hydrogens is 502 g/mol. The molecule has 0 fully saturated rings. The molecule has 0 aromatic heterocycles. The van der Waals surface area contributed by atoms with Gasteiger partial charge in [-0.1, -0.05) is 126 Å². The number of hydrogen-bond acceptors (Lipinski definition) is 6. The molecule has 2 unspecified atom stereocenters. The second-order valence-corrected chi connectivity index (χ2v) is 11.1. The number of hydrogen-bond donors (Lipinski definition) is 3. The normalized spacial score (nSPS) is 12.8. The van der Waals surface area contributed by atoms with E-state index in [-0.39, 0.29) is 4.90 Å². The molecule has 0 saturated heterocycles. The van der Waals surface area contributed by atoms with Crippen LogP contribution in [0.5, 0.6) is 0 Å². The van der Waals surface area contributed by atoms with Gasteiger partial charge >= 0.3 is 5.97 Å². The maximum absolute atomic E-state index is 12.0. The van der Waals surface area contributed by atoms with Gasteiger partial charge in [-0.15, -0.1) is 0 Å². The summed E-state index contributed by atoms with van der Waals surface area (Å²) in [5.41, 5.74) is 7.40.